The molecule has 1 aliphatic heterocycles. The van der Waals surface area contributed by atoms with E-state index < -0.39 is 0 Å². The van der Waals surface area contributed by atoms with Crippen molar-refractivity contribution >= 4 is 0 Å². The highest BCUT2D eigenvalue weighted by molar-refractivity contribution is 5.14. The van der Waals surface area contributed by atoms with Crippen LogP contribution in [0.1, 0.15) is 57.2 Å². The van der Waals surface area contributed by atoms with Crippen LogP contribution in [0.15, 0.2) is 12.1 Å². The Morgan fingerprint density at radius 2 is 2.33 bits per heavy atom. The molecule has 2 atom stereocenters. The van der Waals surface area contributed by atoms with Gasteiger partial charge in [-0.25, -0.2) is 0 Å². The van der Waals surface area contributed by atoms with Crippen molar-refractivity contribution in [3.8, 4) is 5.88 Å². The highest BCUT2D eigenvalue weighted by atomic mass is 16.5. The molecule has 2 heterocycles. The van der Waals surface area contributed by atoms with Gasteiger partial charge in [0.2, 0.25) is 5.88 Å². The summed E-state index contributed by atoms with van der Waals surface area (Å²) in [5.74, 6) is 0.562. The Balaban J connectivity index is 1.85. The number of nitrogens with one attached hydrogen (secondary N) is 1. The van der Waals surface area contributed by atoms with E-state index in [1.54, 1.807) is 7.11 Å². The summed E-state index contributed by atoms with van der Waals surface area (Å²) in [7, 11) is 1.61. The smallest absolute Gasteiger partial charge is 0.233 e. The van der Waals surface area contributed by atoms with Crippen LogP contribution in [0.4, 0.5) is 0 Å². The minimum absolute atomic E-state index is 0.268. The normalized spacial score (nSPS) is 19.6. The lowest BCUT2D eigenvalue weighted by atomic mass is 10.0. The van der Waals surface area contributed by atoms with Gasteiger partial charge >= 0.3 is 0 Å². The molecule has 2 unspecified atom stereocenters. The van der Waals surface area contributed by atoms with Gasteiger partial charge in [0.05, 0.1) is 24.9 Å². The van der Waals surface area contributed by atoms with Crippen LogP contribution in [-0.4, -0.2) is 36.6 Å². The van der Waals surface area contributed by atoms with E-state index in [1.165, 1.54) is 12.8 Å². The van der Waals surface area contributed by atoms with Crippen LogP contribution in [0.2, 0.25) is 0 Å². The fourth-order valence-electron chi connectivity index (χ4n) is 2.72. The lowest BCUT2D eigenvalue weighted by molar-refractivity contribution is 0.101. The third kappa shape index (κ3) is 5.25. The molecule has 2 rings (SSSR count). The first kappa shape index (κ1) is 16.2. The van der Waals surface area contributed by atoms with Gasteiger partial charge in [0.25, 0.3) is 0 Å². The quantitative estimate of drug-likeness (QED) is 0.758. The van der Waals surface area contributed by atoms with Crippen molar-refractivity contribution < 1.29 is 9.47 Å². The third-order valence-electron chi connectivity index (χ3n) is 3.91. The Kier molecular flexibility index (Phi) is 6.89. The van der Waals surface area contributed by atoms with Crippen molar-refractivity contribution in [1.82, 2.24) is 15.5 Å². The van der Waals surface area contributed by atoms with Crippen LogP contribution in [0.25, 0.3) is 0 Å². The molecule has 1 saturated heterocycles. The van der Waals surface area contributed by atoms with Crippen LogP contribution in [0.3, 0.4) is 0 Å². The number of rotatable bonds is 9. The summed E-state index contributed by atoms with van der Waals surface area (Å²) in [6.45, 7) is 4.11. The summed E-state index contributed by atoms with van der Waals surface area (Å²) >= 11 is 0. The molecule has 118 valence electrons. The monoisotopic (exact) mass is 293 g/mol. The maximum atomic E-state index is 5.69. The second-order valence-electron chi connectivity index (χ2n) is 5.57. The van der Waals surface area contributed by atoms with Gasteiger partial charge < -0.3 is 14.8 Å². The first-order valence-corrected chi connectivity index (χ1v) is 8.06. The summed E-state index contributed by atoms with van der Waals surface area (Å²) in [6, 6.07) is 4.15. The molecule has 0 spiro atoms. The molecule has 5 nitrogen and oxygen atoms in total. The molecule has 0 saturated carbocycles. The summed E-state index contributed by atoms with van der Waals surface area (Å²) in [6.07, 6.45) is 7.39. The van der Waals surface area contributed by atoms with E-state index in [2.05, 4.69) is 22.4 Å². The number of aromatic nitrogens is 2. The Morgan fingerprint density at radius 1 is 1.43 bits per heavy atom. The molecule has 0 aromatic carbocycles. The van der Waals surface area contributed by atoms with Crippen molar-refractivity contribution in [2.45, 2.75) is 57.6 Å². The van der Waals surface area contributed by atoms with Crippen LogP contribution in [0, 0.1) is 0 Å². The molecule has 0 radical (unpaired) electrons. The van der Waals surface area contributed by atoms with Gasteiger partial charge in [-0.3, -0.25) is 0 Å². The average Bonchev–Trinajstić information content (AvgIpc) is 3.04. The van der Waals surface area contributed by atoms with Crippen LogP contribution < -0.4 is 10.1 Å². The van der Waals surface area contributed by atoms with Gasteiger partial charge in [-0.15, -0.1) is 5.10 Å². The van der Waals surface area contributed by atoms with Gasteiger partial charge in [0, 0.05) is 12.7 Å². The summed E-state index contributed by atoms with van der Waals surface area (Å²) in [5.41, 5.74) is 0.997. The van der Waals surface area contributed by atoms with Crippen molar-refractivity contribution in [2.75, 3.05) is 20.3 Å². The summed E-state index contributed by atoms with van der Waals surface area (Å²) in [5, 5.41) is 11.9. The van der Waals surface area contributed by atoms with Gasteiger partial charge in [0.1, 0.15) is 0 Å². The van der Waals surface area contributed by atoms with Crippen molar-refractivity contribution in [1.29, 1.82) is 0 Å². The third-order valence-corrected chi connectivity index (χ3v) is 3.91. The lowest BCUT2D eigenvalue weighted by Crippen LogP contribution is -2.23. The topological polar surface area (TPSA) is 56.3 Å². The summed E-state index contributed by atoms with van der Waals surface area (Å²) < 4.78 is 10.8. The Hall–Kier alpha value is -1.20. The Bertz CT molecular complexity index is 391. The fraction of sp³-hybridized carbons (Fsp3) is 0.750. The fourth-order valence-corrected chi connectivity index (χ4v) is 2.72. The van der Waals surface area contributed by atoms with E-state index >= 15 is 0 Å². The number of hydrogen-bond donors (Lipinski definition) is 1. The van der Waals surface area contributed by atoms with Gasteiger partial charge in [-0.1, -0.05) is 6.92 Å². The molecule has 1 fully saturated rings. The first-order valence-electron chi connectivity index (χ1n) is 8.06. The SMILES string of the molecule is CCCNC(CCCC1CCCO1)c1ccc(OC)nn1. The highest BCUT2D eigenvalue weighted by Gasteiger charge is 2.17. The largest absolute Gasteiger partial charge is 0.480 e. The van der Waals surface area contributed by atoms with Crippen LogP contribution in [0.5, 0.6) is 5.88 Å². The zero-order valence-electron chi connectivity index (χ0n) is 13.2. The molecule has 1 aromatic rings. The van der Waals surface area contributed by atoms with E-state index in [4.69, 9.17) is 9.47 Å². The van der Waals surface area contributed by atoms with Crippen LogP contribution in [-0.2, 0) is 4.74 Å². The van der Waals surface area contributed by atoms with E-state index in [-0.39, 0.29) is 6.04 Å². The summed E-state index contributed by atoms with van der Waals surface area (Å²) in [4.78, 5) is 0. The second kappa shape index (κ2) is 8.95. The van der Waals surface area contributed by atoms with Gasteiger partial charge in [0.15, 0.2) is 0 Å². The molecule has 5 heteroatoms. The molecule has 1 aliphatic rings. The van der Waals surface area contributed by atoms with E-state index in [0.717, 1.165) is 44.5 Å². The lowest BCUT2D eigenvalue weighted by Gasteiger charge is -2.18. The Labute approximate surface area is 127 Å². The molecule has 1 N–H and O–H groups in total. The molecule has 0 amide bonds. The predicted molar refractivity (Wildman–Crippen MR) is 82.4 cm³/mol. The minimum Gasteiger partial charge on any atom is -0.480 e. The maximum absolute atomic E-state index is 5.69. The van der Waals surface area contributed by atoms with Crippen molar-refractivity contribution in [2.24, 2.45) is 0 Å². The average molecular weight is 293 g/mol. The van der Waals surface area contributed by atoms with Crippen molar-refractivity contribution in [3.05, 3.63) is 17.8 Å². The number of methoxy groups -OCH3 is 1. The first-order chi connectivity index (χ1) is 10.3. The molecular formula is C16H27N3O2. The van der Waals surface area contributed by atoms with E-state index in [0.29, 0.717) is 12.0 Å². The van der Waals surface area contributed by atoms with E-state index in [9.17, 15) is 0 Å². The number of nitrogens with zero attached hydrogens (tertiary/aromatic N) is 2. The van der Waals surface area contributed by atoms with E-state index in [1.807, 2.05) is 12.1 Å². The predicted octanol–water partition coefficient (Wildman–Crippen LogP) is 2.88. The Morgan fingerprint density at radius 3 is 2.95 bits per heavy atom. The maximum Gasteiger partial charge on any atom is 0.233 e. The zero-order valence-corrected chi connectivity index (χ0v) is 13.2. The number of hydrogen-bond acceptors (Lipinski definition) is 5. The molecule has 0 bridgehead atoms. The van der Waals surface area contributed by atoms with Gasteiger partial charge in [-0.2, -0.15) is 5.10 Å². The molecule has 0 aliphatic carbocycles. The number of ether oxygens (including phenoxy) is 2. The standard InChI is InChI=1S/C16H27N3O2/c1-3-11-17-14(8-4-6-13-7-5-12-21-13)15-9-10-16(20-2)19-18-15/h9-10,13-14,17H,3-8,11-12H2,1-2H3. The zero-order chi connectivity index (χ0) is 14.9. The highest BCUT2D eigenvalue weighted by Crippen LogP contribution is 2.22. The second-order valence-corrected chi connectivity index (χ2v) is 5.57. The molecular weight excluding hydrogens is 266 g/mol. The minimum atomic E-state index is 0.268. The van der Waals surface area contributed by atoms with Crippen LogP contribution >= 0.6 is 0 Å². The molecule has 21 heavy (non-hydrogen) atoms. The molecule has 1 aromatic heterocycles. The van der Waals surface area contributed by atoms with Gasteiger partial charge in [-0.05, 0) is 51.1 Å². The van der Waals surface area contributed by atoms with Crippen molar-refractivity contribution in [3.63, 3.8) is 0 Å².